The minimum absolute atomic E-state index is 0.144. The Hall–Kier alpha value is -1.30. The van der Waals surface area contributed by atoms with Gasteiger partial charge in [-0.3, -0.25) is 4.79 Å². The molecule has 0 radical (unpaired) electrons. The highest BCUT2D eigenvalue weighted by molar-refractivity contribution is 9.10. The van der Waals surface area contributed by atoms with Crippen LogP contribution < -0.4 is 15.8 Å². The van der Waals surface area contributed by atoms with Crippen molar-refractivity contribution in [2.45, 2.75) is 13.3 Å². The molecule has 0 aromatic heterocycles. The molecule has 3 N–H and O–H groups in total. The lowest BCUT2D eigenvalue weighted by atomic mass is 10.3. The predicted molar refractivity (Wildman–Crippen MR) is 67.3 cm³/mol. The van der Waals surface area contributed by atoms with Crippen molar-refractivity contribution < 1.29 is 13.9 Å². The fourth-order valence-electron chi connectivity index (χ4n) is 1.19. The summed E-state index contributed by atoms with van der Waals surface area (Å²) in [5, 5.41) is 2.66. The lowest BCUT2D eigenvalue weighted by Gasteiger charge is -2.10. The highest BCUT2D eigenvalue weighted by atomic mass is 79.9. The number of rotatable bonds is 5. The van der Waals surface area contributed by atoms with Crippen molar-refractivity contribution in [3.05, 3.63) is 22.4 Å². The zero-order valence-corrected chi connectivity index (χ0v) is 11.0. The molecule has 1 aromatic carbocycles. The van der Waals surface area contributed by atoms with Gasteiger partial charge >= 0.3 is 0 Å². The van der Waals surface area contributed by atoms with E-state index in [1.165, 1.54) is 6.07 Å². The summed E-state index contributed by atoms with van der Waals surface area (Å²) in [6, 6.07) is 2.37. The van der Waals surface area contributed by atoms with Crippen LogP contribution in [0.2, 0.25) is 0 Å². The van der Waals surface area contributed by atoms with Crippen LogP contribution >= 0.6 is 15.9 Å². The van der Waals surface area contributed by atoms with Gasteiger partial charge in [0.25, 0.3) is 5.91 Å². The highest BCUT2D eigenvalue weighted by Gasteiger charge is 2.10. The van der Waals surface area contributed by atoms with E-state index < -0.39 is 5.82 Å². The Morgan fingerprint density at radius 2 is 2.29 bits per heavy atom. The number of anilines is 1. The van der Waals surface area contributed by atoms with E-state index in [-0.39, 0.29) is 24.0 Å². The number of nitrogens with two attached hydrogens (primary N) is 1. The van der Waals surface area contributed by atoms with Gasteiger partial charge in [-0.05, 0) is 28.4 Å². The number of hydrogen-bond acceptors (Lipinski definition) is 3. The largest absolute Gasteiger partial charge is 0.480 e. The molecule has 94 valence electrons. The maximum Gasteiger partial charge on any atom is 0.257 e. The molecular weight excluding hydrogens is 291 g/mol. The van der Waals surface area contributed by atoms with E-state index in [1.54, 1.807) is 0 Å². The van der Waals surface area contributed by atoms with Crippen LogP contribution in [0, 0.1) is 5.82 Å². The maximum absolute atomic E-state index is 12.9. The lowest BCUT2D eigenvalue weighted by Crippen LogP contribution is -2.29. The average Bonchev–Trinajstić information content (AvgIpc) is 2.24. The second-order valence-electron chi connectivity index (χ2n) is 3.44. The van der Waals surface area contributed by atoms with Gasteiger partial charge in [-0.1, -0.05) is 6.92 Å². The molecule has 0 heterocycles. The summed E-state index contributed by atoms with van der Waals surface area (Å²) in [5.41, 5.74) is 5.73. The second kappa shape index (κ2) is 6.44. The molecule has 0 aliphatic rings. The van der Waals surface area contributed by atoms with Crippen LogP contribution in [0.15, 0.2) is 16.6 Å². The molecule has 6 heteroatoms. The third-order valence-corrected chi connectivity index (χ3v) is 2.55. The van der Waals surface area contributed by atoms with Crippen molar-refractivity contribution in [2.75, 3.05) is 18.9 Å². The number of carbonyl (C=O) groups is 1. The normalized spacial score (nSPS) is 10.1. The highest BCUT2D eigenvalue weighted by Crippen LogP contribution is 2.32. The van der Waals surface area contributed by atoms with E-state index in [1.807, 2.05) is 6.92 Å². The van der Waals surface area contributed by atoms with Crippen LogP contribution in [-0.4, -0.2) is 19.1 Å². The Bertz CT molecular complexity index is 389. The topological polar surface area (TPSA) is 64.3 Å². The predicted octanol–water partition coefficient (Wildman–Crippen LogP) is 2.08. The summed E-state index contributed by atoms with van der Waals surface area (Å²) in [6.07, 6.45) is 0.855. The molecule has 0 saturated carbocycles. The number of nitrogen functional groups attached to an aromatic ring is 1. The first-order valence-electron chi connectivity index (χ1n) is 5.18. The molecule has 1 aromatic rings. The minimum Gasteiger partial charge on any atom is -0.480 e. The van der Waals surface area contributed by atoms with Gasteiger partial charge in [0.05, 0.1) is 10.2 Å². The minimum atomic E-state index is -0.461. The van der Waals surface area contributed by atoms with Gasteiger partial charge in [0, 0.05) is 12.6 Å². The molecular formula is C11H14BrFN2O2. The molecule has 0 aliphatic carbocycles. The molecule has 1 rings (SSSR count). The van der Waals surface area contributed by atoms with Gasteiger partial charge < -0.3 is 15.8 Å². The van der Waals surface area contributed by atoms with Crippen LogP contribution in [0.25, 0.3) is 0 Å². The van der Waals surface area contributed by atoms with Crippen LogP contribution in [0.4, 0.5) is 10.1 Å². The standard InChI is InChI=1S/C11H14BrFN2O2/c1-2-3-15-10(16)6-17-11-8(12)4-7(13)5-9(11)14/h4-5H,2-3,6,14H2,1H3,(H,15,16). The number of nitrogens with one attached hydrogen (secondary N) is 1. The first-order valence-corrected chi connectivity index (χ1v) is 5.98. The Morgan fingerprint density at radius 1 is 1.59 bits per heavy atom. The lowest BCUT2D eigenvalue weighted by molar-refractivity contribution is -0.123. The van der Waals surface area contributed by atoms with Crippen LogP contribution in [0.3, 0.4) is 0 Å². The Morgan fingerprint density at radius 3 is 2.88 bits per heavy atom. The first-order chi connectivity index (χ1) is 8.04. The third kappa shape index (κ3) is 4.22. The van der Waals surface area contributed by atoms with Gasteiger partial charge in [-0.2, -0.15) is 0 Å². The zero-order valence-electron chi connectivity index (χ0n) is 9.43. The van der Waals surface area contributed by atoms with Crippen molar-refractivity contribution in [2.24, 2.45) is 0 Å². The van der Waals surface area contributed by atoms with Gasteiger partial charge in [0.1, 0.15) is 5.82 Å². The van der Waals surface area contributed by atoms with E-state index >= 15 is 0 Å². The number of carbonyl (C=O) groups excluding carboxylic acids is 1. The first kappa shape index (κ1) is 13.8. The van der Waals surface area contributed by atoms with Crippen molar-refractivity contribution in [3.63, 3.8) is 0 Å². The van der Waals surface area contributed by atoms with Gasteiger partial charge in [-0.25, -0.2) is 4.39 Å². The van der Waals surface area contributed by atoms with Gasteiger partial charge in [0.2, 0.25) is 0 Å². The van der Waals surface area contributed by atoms with E-state index in [0.29, 0.717) is 11.0 Å². The van der Waals surface area contributed by atoms with Crippen molar-refractivity contribution >= 4 is 27.5 Å². The molecule has 1 amide bonds. The number of halogens is 2. The molecule has 0 unspecified atom stereocenters. The van der Waals surface area contributed by atoms with E-state index in [9.17, 15) is 9.18 Å². The molecule has 0 aliphatic heterocycles. The quantitative estimate of drug-likeness (QED) is 0.819. The number of ether oxygens (including phenoxy) is 1. The molecule has 0 spiro atoms. The van der Waals surface area contributed by atoms with Crippen LogP contribution in [0.5, 0.6) is 5.75 Å². The number of hydrogen-bond donors (Lipinski definition) is 2. The number of amides is 1. The van der Waals surface area contributed by atoms with E-state index in [4.69, 9.17) is 10.5 Å². The SMILES string of the molecule is CCCNC(=O)COc1c(N)cc(F)cc1Br. The average molecular weight is 305 g/mol. The summed E-state index contributed by atoms with van der Waals surface area (Å²) in [4.78, 5) is 11.3. The van der Waals surface area contributed by atoms with Crippen molar-refractivity contribution in [3.8, 4) is 5.75 Å². The Labute approximate surface area is 107 Å². The fraction of sp³-hybridized carbons (Fsp3) is 0.364. The second-order valence-corrected chi connectivity index (χ2v) is 4.30. The fourth-order valence-corrected chi connectivity index (χ4v) is 1.75. The van der Waals surface area contributed by atoms with Crippen molar-refractivity contribution in [1.82, 2.24) is 5.32 Å². The van der Waals surface area contributed by atoms with E-state index in [0.717, 1.165) is 12.5 Å². The molecule has 0 bridgehead atoms. The summed E-state index contributed by atoms with van der Waals surface area (Å²) in [6.45, 7) is 2.41. The summed E-state index contributed by atoms with van der Waals surface area (Å²) in [7, 11) is 0. The van der Waals surface area contributed by atoms with Crippen LogP contribution in [0.1, 0.15) is 13.3 Å². The summed E-state index contributed by atoms with van der Waals surface area (Å²) in [5.74, 6) is -0.419. The molecule has 17 heavy (non-hydrogen) atoms. The smallest absolute Gasteiger partial charge is 0.257 e. The Balaban J connectivity index is 2.60. The Kier molecular flexibility index (Phi) is 5.21. The monoisotopic (exact) mass is 304 g/mol. The van der Waals surface area contributed by atoms with E-state index in [2.05, 4.69) is 21.2 Å². The number of benzene rings is 1. The third-order valence-electron chi connectivity index (χ3n) is 1.96. The molecule has 0 atom stereocenters. The summed E-state index contributed by atoms with van der Waals surface area (Å²) < 4.78 is 18.5. The molecule has 0 fully saturated rings. The molecule has 0 saturated heterocycles. The van der Waals surface area contributed by atoms with Gasteiger partial charge in [-0.15, -0.1) is 0 Å². The zero-order chi connectivity index (χ0) is 12.8. The van der Waals surface area contributed by atoms with Crippen LogP contribution in [-0.2, 0) is 4.79 Å². The van der Waals surface area contributed by atoms with Gasteiger partial charge in [0.15, 0.2) is 12.4 Å². The molecule has 4 nitrogen and oxygen atoms in total. The maximum atomic E-state index is 12.9. The van der Waals surface area contributed by atoms with Crippen molar-refractivity contribution in [1.29, 1.82) is 0 Å². The summed E-state index contributed by atoms with van der Waals surface area (Å²) >= 11 is 3.12.